The third kappa shape index (κ3) is 4.58. The number of urea groups is 1. The van der Waals surface area contributed by atoms with E-state index in [0.29, 0.717) is 5.13 Å². The Kier molecular flexibility index (Phi) is 5.15. The molecule has 2 aromatic rings. The molecule has 0 atom stereocenters. The molecule has 0 fully saturated rings. The summed E-state index contributed by atoms with van der Waals surface area (Å²) < 4.78 is 38.2. The van der Waals surface area contributed by atoms with Crippen molar-refractivity contribution >= 4 is 28.3 Å². The standard InChI is InChI=1S/C12H12F3N5OS/c13-12(14,15)8-2-1-3-16-9(8)17-4-5-18-10(21)20-11-19-6-7-22-11/h1-3,6-7H,4-5H2,(H,16,17)(H2,18,19,20,21). The molecule has 118 valence electrons. The van der Waals surface area contributed by atoms with Crippen LogP contribution >= 0.6 is 11.3 Å². The molecule has 0 unspecified atom stereocenters. The van der Waals surface area contributed by atoms with Gasteiger partial charge in [-0.2, -0.15) is 13.2 Å². The zero-order valence-corrected chi connectivity index (χ0v) is 12.0. The van der Waals surface area contributed by atoms with Crippen LogP contribution in [0.3, 0.4) is 0 Å². The fraction of sp³-hybridized carbons (Fsp3) is 0.250. The summed E-state index contributed by atoms with van der Waals surface area (Å²) in [6.45, 7) is 0.233. The van der Waals surface area contributed by atoms with Crippen molar-refractivity contribution in [3.8, 4) is 0 Å². The third-order valence-corrected chi connectivity index (χ3v) is 3.16. The van der Waals surface area contributed by atoms with E-state index in [1.54, 1.807) is 11.6 Å². The monoisotopic (exact) mass is 331 g/mol. The van der Waals surface area contributed by atoms with Gasteiger partial charge in [-0.15, -0.1) is 11.3 Å². The maximum Gasteiger partial charge on any atom is 0.419 e. The summed E-state index contributed by atoms with van der Waals surface area (Å²) in [5.74, 6) is -0.267. The van der Waals surface area contributed by atoms with Gasteiger partial charge in [0, 0.05) is 30.9 Å². The molecular formula is C12H12F3N5OS. The second-order valence-electron chi connectivity index (χ2n) is 4.04. The summed E-state index contributed by atoms with van der Waals surface area (Å²) in [7, 11) is 0. The van der Waals surface area contributed by atoms with Crippen LogP contribution in [0.15, 0.2) is 29.9 Å². The van der Waals surface area contributed by atoms with Crippen LogP contribution in [0.4, 0.5) is 28.9 Å². The summed E-state index contributed by atoms with van der Waals surface area (Å²) in [6.07, 6.45) is -1.67. The highest BCUT2D eigenvalue weighted by Gasteiger charge is 2.33. The number of carbonyl (C=O) groups is 1. The number of aromatic nitrogens is 2. The molecule has 2 heterocycles. The highest BCUT2D eigenvalue weighted by molar-refractivity contribution is 7.13. The molecule has 2 aromatic heterocycles. The van der Waals surface area contributed by atoms with E-state index < -0.39 is 17.8 Å². The zero-order chi connectivity index (χ0) is 16.0. The van der Waals surface area contributed by atoms with Gasteiger partial charge in [-0.1, -0.05) is 0 Å². The fourth-order valence-corrected chi connectivity index (χ4v) is 2.08. The Morgan fingerprint density at radius 3 is 2.73 bits per heavy atom. The molecule has 0 saturated carbocycles. The molecule has 0 spiro atoms. The highest BCUT2D eigenvalue weighted by atomic mass is 32.1. The SMILES string of the molecule is O=C(NCCNc1ncccc1C(F)(F)F)Nc1nccs1. The Bertz CT molecular complexity index is 617. The predicted molar refractivity (Wildman–Crippen MR) is 76.9 cm³/mol. The molecule has 3 N–H and O–H groups in total. The number of hydrogen-bond acceptors (Lipinski definition) is 5. The highest BCUT2D eigenvalue weighted by Crippen LogP contribution is 2.33. The lowest BCUT2D eigenvalue weighted by atomic mass is 10.2. The number of rotatable bonds is 5. The van der Waals surface area contributed by atoms with Crippen LogP contribution in [0.25, 0.3) is 0 Å². The lowest BCUT2D eigenvalue weighted by molar-refractivity contribution is -0.137. The summed E-state index contributed by atoms with van der Waals surface area (Å²) in [5, 5.41) is 9.68. The van der Waals surface area contributed by atoms with E-state index in [1.807, 2.05) is 0 Å². The molecule has 22 heavy (non-hydrogen) atoms. The predicted octanol–water partition coefficient (Wildman–Crippen LogP) is 2.79. The first-order valence-electron chi connectivity index (χ1n) is 6.17. The smallest absolute Gasteiger partial charge is 0.368 e. The number of carbonyl (C=O) groups excluding carboxylic acids is 1. The second kappa shape index (κ2) is 7.07. The molecule has 0 aliphatic carbocycles. The number of amides is 2. The van der Waals surface area contributed by atoms with E-state index in [-0.39, 0.29) is 18.9 Å². The maximum absolute atomic E-state index is 12.7. The number of hydrogen-bond donors (Lipinski definition) is 3. The minimum atomic E-state index is -4.48. The number of nitrogens with zero attached hydrogens (tertiary/aromatic N) is 2. The number of halogens is 3. The summed E-state index contributed by atoms with van der Waals surface area (Å²) in [4.78, 5) is 19.0. The van der Waals surface area contributed by atoms with Crippen molar-refractivity contribution in [1.82, 2.24) is 15.3 Å². The first-order chi connectivity index (χ1) is 10.5. The van der Waals surface area contributed by atoms with Gasteiger partial charge in [0.1, 0.15) is 5.82 Å². The van der Waals surface area contributed by atoms with E-state index in [9.17, 15) is 18.0 Å². The van der Waals surface area contributed by atoms with Gasteiger partial charge < -0.3 is 10.6 Å². The van der Waals surface area contributed by atoms with Gasteiger partial charge in [0.05, 0.1) is 5.56 Å². The first-order valence-corrected chi connectivity index (χ1v) is 7.05. The van der Waals surface area contributed by atoms with Gasteiger partial charge in [-0.25, -0.2) is 14.8 Å². The van der Waals surface area contributed by atoms with Crippen molar-refractivity contribution in [1.29, 1.82) is 0 Å². The Morgan fingerprint density at radius 2 is 2.05 bits per heavy atom. The number of alkyl halides is 3. The van der Waals surface area contributed by atoms with Crippen molar-refractivity contribution < 1.29 is 18.0 Å². The number of nitrogens with one attached hydrogen (secondary N) is 3. The lowest BCUT2D eigenvalue weighted by Gasteiger charge is -2.13. The third-order valence-electron chi connectivity index (χ3n) is 2.47. The Hall–Kier alpha value is -2.36. The Morgan fingerprint density at radius 1 is 1.23 bits per heavy atom. The number of pyridine rings is 1. The lowest BCUT2D eigenvalue weighted by Crippen LogP contribution is -2.32. The molecule has 6 nitrogen and oxygen atoms in total. The van der Waals surface area contributed by atoms with Crippen molar-refractivity contribution in [3.63, 3.8) is 0 Å². The molecule has 0 bridgehead atoms. The minimum Gasteiger partial charge on any atom is -0.368 e. The molecule has 2 rings (SSSR count). The van der Waals surface area contributed by atoms with Crippen molar-refractivity contribution in [3.05, 3.63) is 35.5 Å². The van der Waals surface area contributed by atoms with Gasteiger partial charge >= 0.3 is 12.2 Å². The molecular weight excluding hydrogens is 319 g/mol. The summed E-state index contributed by atoms with van der Waals surface area (Å²) in [6, 6.07) is 1.68. The van der Waals surface area contributed by atoms with Crippen LogP contribution < -0.4 is 16.0 Å². The van der Waals surface area contributed by atoms with E-state index in [0.717, 1.165) is 6.07 Å². The van der Waals surface area contributed by atoms with Crippen molar-refractivity contribution in [2.24, 2.45) is 0 Å². The van der Waals surface area contributed by atoms with E-state index >= 15 is 0 Å². The van der Waals surface area contributed by atoms with Crippen LogP contribution in [-0.4, -0.2) is 29.1 Å². The molecule has 2 amide bonds. The van der Waals surface area contributed by atoms with Crippen LogP contribution in [0.2, 0.25) is 0 Å². The Labute approximate surface area is 127 Å². The fourth-order valence-electron chi connectivity index (χ4n) is 1.56. The molecule has 0 aromatic carbocycles. The van der Waals surface area contributed by atoms with Crippen LogP contribution in [0.5, 0.6) is 0 Å². The van der Waals surface area contributed by atoms with Gasteiger partial charge in [-0.05, 0) is 12.1 Å². The van der Waals surface area contributed by atoms with Gasteiger partial charge in [-0.3, -0.25) is 5.32 Å². The van der Waals surface area contributed by atoms with E-state index in [4.69, 9.17) is 0 Å². The average Bonchev–Trinajstić information content (AvgIpc) is 2.96. The second-order valence-corrected chi connectivity index (χ2v) is 4.94. The molecule has 10 heteroatoms. The Balaban J connectivity index is 1.78. The molecule has 0 radical (unpaired) electrons. The van der Waals surface area contributed by atoms with E-state index in [1.165, 1.54) is 23.6 Å². The molecule has 0 aliphatic rings. The van der Waals surface area contributed by atoms with Gasteiger partial charge in [0.15, 0.2) is 5.13 Å². The first kappa shape index (κ1) is 16.0. The average molecular weight is 331 g/mol. The summed E-state index contributed by atoms with van der Waals surface area (Å²) in [5.41, 5.74) is -0.845. The van der Waals surface area contributed by atoms with Crippen LogP contribution in [0.1, 0.15) is 5.56 Å². The van der Waals surface area contributed by atoms with E-state index in [2.05, 4.69) is 25.9 Å². The minimum absolute atomic E-state index is 0.103. The topological polar surface area (TPSA) is 78.9 Å². The largest absolute Gasteiger partial charge is 0.419 e. The van der Waals surface area contributed by atoms with Crippen LogP contribution in [0, 0.1) is 0 Å². The zero-order valence-electron chi connectivity index (χ0n) is 11.1. The quantitative estimate of drug-likeness (QED) is 0.736. The summed E-state index contributed by atoms with van der Waals surface area (Å²) >= 11 is 1.26. The van der Waals surface area contributed by atoms with Gasteiger partial charge in [0.25, 0.3) is 0 Å². The van der Waals surface area contributed by atoms with Crippen molar-refractivity contribution in [2.75, 3.05) is 23.7 Å². The van der Waals surface area contributed by atoms with Crippen LogP contribution in [-0.2, 0) is 6.18 Å². The normalized spacial score (nSPS) is 11.0. The van der Waals surface area contributed by atoms with Gasteiger partial charge in [0.2, 0.25) is 0 Å². The van der Waals surface area contributed by atoms with Crippen molar-refractivity contribution in [2.45, 2.75) is 6.18 Å². The molecule has 0 saturated heterocycles. The molecule has 0 aliphatic heterocycles. The number of thiazole rings is 1. The maximum atomic E-state index is 12.7. The number of anilines is 2.